The normalized spacial score (nSPS) is 29.7. The third kappa shape index (κ3) is 3.05. The van der Waals surface area contributed by atoms with Crippen molar-refractivity contribution in [2.24, 2.45) is 5.92 Å². The molecule has 0 aromatic heterocycles. The molecule has 1 amide bonds. The first kappa shape index (κ1) is 17.3. The van der Waals surface area contributed by atoms with E-state index in [0.29, 0.717) is 17.6 Å². The summed E-state index contributed by atoms with van der Waals surface area (Å²) in [6.45, 7) is 1.50. The highest BCUT2D eigenvalue weighted by Gasteiger charge is 2.47. The zero-order valence-corrected chi connectivity index (χ0v) is 15.6. The predicted octanol–water partition coefficient (Wildman–Crippen LogP) is 2.38. The molecule has 7 heteroatoms. The molecule has 3 aliphatic rings. The number of rotatable bonds is 4. The van der Waals surface area contributed by atoms with Gasteiger partial charge in [-0.15, -0.1) is 0 Å². The summed E-state index contributed by atoms with van der Waals surface area (Å²) in [4.78, 5) is 16.8. The standard InChI is InChI=1S/C19H23ClN4O2/c1-26-16-7-13(20)6-15(8-16)23-5-4-12(10-23)19(25)22-17-9-14-2-3-18(17)24(14)11-21/h6-8,12,14,17-18H,2-5,9-10H2,1H3,(H,22,25)/t12-,14-,17+,18+/m0/s1. The average molecular weight is 375 g/mol. The number of benzene rings is 1. The number of amides is 1. The van der Waals surface area contributed by atoms with E-state index in [-0.39, 0.29) is 23.9 Å². The molecule has 3 heterocycles. The Bertz CT molecular complexity index is 750. The van der Waals surface area contributed by atoms with Crippen molar-refractivity contribution in [1.29, 1.82) is 5.26 Å². The summed E-state index contributed by atoms with van der Waals surface area (Å²) in [5.41, 5.74) is 0.986. The molecule has 4 rings (SSSR count). The minimum Gasteiger partial charge on any atom is -0.497 e. The van der Waals surface area contributed by atoms with E-state index in [4.69, 9.17) is 16.3 Å². The fraction of sp³-hybridized carbons (Fsp3) is 0.579. The number of carbonyl (C=O) groups excluding carboxylic acids is 1. The van der Waals surface area contributed by atoms with Crippen LogP contribution in [0.5, 0.6) is 5.75 Å². The van der Waals surface area contributed by atoms with Crippen LogP contribution in [0.1, 0.15) is 25.7 Å². The second-order valence-corrected chi connectivity index (χ2v) is 7.87. The van der Waals surface area contributed by atoms with Crippen LogP contribution < -0.4 is 15.0 Å². The number of halogens is 1. The minimum atomic E-state index is -0.0327. The van der Waals surface area contributed by atoms with Crippen molar-refractivity contribution >= 4 is 23.2 Å². The molecule has 0 radical (unpaired) electrons. The van der Waals surface area contributed by atoms with Gasteiger partial charge in [-0.05, 0) is 37.8 Å². The Balaban J connectivity index is 1.38. The van der Waals surface area contributed by atoms with E-state index in [2.05, 4.69) is 16.4 Å². The van der Waals surface area contributed by atoms with E-state index in [0.717, 1.165) is 43.7 Å². The van der Waals surface area contributed by atoms with Crippen LogP contribution in [-0.4, -0.2) is 49.1 Å². The SMILES string of the molecule is COc1cc(Cl)cc(N2CC[C@H](C(=O)N[C@@H]3C[C@@H]4CC[C@H]3N4C#N)C2)c1. The van der Waals surface area contributed by atoms with Crippen LogP contribution in [-0.2, 0) is 4.79 Å². The Hall–Kier alpha value is -2.13. The first-order chi connectivity index (χ1) is 12.6. The molecule has 0 unspecified atom stereocenters. The molecule has 6 nitrogen and oxygen atoms in total. The first-order valence-electron chi connectivity index (χ1n) is 9.17. The number of ether oxygens (including phenoxy) is 1. The van der Waals surface area contributed by atoms with Gasteiger partial charge in [-0.2, -0.15) is 5.26 Å². The second-order valence-electron chi connectivity index (χ2n) is 7.44. The van der Waals surface area contributed by atoms with Gasteiger partial charge in [-0.1, -0.05) is 11.6 Å². The van der Waals surface area contributed by atoms with Crippen LogP contribution in [0, 0.1) is 17.4 Å². The lowest BCUT2D eigenvalue weighted by atomic mass is 9.95. The minimum absolute atomic E-state index is 0.0327. The Morgan fingerprint density at radius 1 is 1.35 bits per heavy atom. The van der Waals surface area contributed by atoms with E-state index in [1.165, 1.54) is 0 Å². The predicted molar refractivity (Wildman–Crippen MR) is 99.1 cm³/mol. The lowest BCUT2D eigenvalue weighted by Crippen LogP contribution is -2.46. The molecular weight excluding hydrogens is 352 g/mol. The number of carbonyl (C=O) groups is 1. The van der Waals surface area contributed by atoms with Crippen LogP contribution in [0.2, 0.25) is 5.02 Å². The highest BCUT2D eigenvalue weighted by Crippen LogP contribution is 2.37. The van der Waals surface area contributed by atoms with Crippen molar-refractivity contribution in [2.75, 3.05) is 25.1 Å². The van der Waals surface area contributed by atoms with Gasteiger partial charge in [0.15, 0.2) is 6.19 Å². The summed E-state index contributed by atoms with van der Waals surface area (Å²) >= 11 is 6.17. The third-order valence-corrected chi connectivity index (χ3v) is 6.21. The summed E-state index contributed by atoms with van der Waals surface area (Å²) in [6, 6.07) is 6.25. The molecule has 1 N–H and O–H groups in total. The molecule has 2 bridgehead atoms. The van der Waals surface area contributed by atoms with Crippen LogP contribution in [0.4, 0.5) is 5.69 Å². The zero-order chi connectivity index (χ0) is 18.3. The quantitative estimate of drug-likeness (QED) is 0.819. The van der Waals surface area contributed by atoms with Crippen molar-refractivity contribution < 1.29 is 9.53 Å². The van der Waals surface area contributed by atoms with Gasteiger partial charge in [0.05, 0.1) is 25.1 Å². The molecule has 26 heavy (non-hydrogen) atoms. The van der Waals surface area contributed by atoms with Crippen LogP contribution in [0.25, 0.3) is 0 Å². The maximum atomic E-state index is 12.7. The Labute approximate surface area is 158 Å². The van der Waals surface area contributed by atoms with Gasteiger partial charge >= 0.3 is 0 Å². The second kappa shape index (κ2) is 6.88. The number of methoxy groups -OCH3 is 1. The van der Waals surface area contributed by atoms with Gasteiger partial charge in [0.25, 0.3) is 0 Å². The summed E-state index contributed by atoms with van der Waals surface area (Å²) in [6.07, 6.45) is 6.08. The zero-order valence-electron chi connectivity index (χ0n) is 14.8. The van der Waals surface area contributed by atoms with Crippen LogP contribution in [0.15, 0.2) is 18.2 Å². The Kier molecular flexibility index (Phi) is 4.58. The van der Waals surface area contributed by atoms with Crippen molar-refractivity contribution in [1.82, 2.24) is 10.2 Å². The number of nitriles is 1. The Morgan fingerprint density at radius 3 is 2.92 bits per heavy atom. The molecule has 138 valence electrons. The fourth-order valence-electron chi connectivity index (χ4n) is 4.66. The molecule has 0 aliphatic carbocycles. The summed E-state index contributed by atoms with van der Waals surface area (Å²) in [5, 5.41) is 13.1. The maximum absolute atomic E-state index is 12.7. The van der Waals surface area contributed by atoms with Crippen LogP contribution in [0.3, 0.4) is 0 Å². The van der Waals surface area contributed by atoms with E-state index in [9.17, 15) is 10.1 Å². The smallest absolute Gasteiger partial charge is 0.225 e. The van der Waals surface area contributed by atoms with Crippen molar-refractivity contribution in [3.8, 4) is 11.9 Å². The van der Waals surface area contributed by atoms with Gasteiger partial charge in [-0.3, -0.25) is 4.79 Å². The molecule has 1 aromatic carbocycles. The summed E-state index contributed by atoms with van der Waals surface area (Å²) < 4.78 is 5.29. The molecule has 4 atom stereocenters. The third-order valence-electron chi connectivity index (χ3n) is 6.00. The molecular formula is C19H23ClN4O2. The van der Waals surface area contributed by atoms with Gasteiger partial charge < -0.3 is 19.9 Å². The van der Waals surface area contributed by atoms with Crippen LogP contribution >= 0.6 is 11.6 Å². The fourth-order valence-corrected chi connectivity index (χ4v) is 4.88. The largest absolute Gasteiger partial charge is 0.497 e. The number of fused-ring (bicyclic) bond motifs is 2. The number of hydrogen-bond acceptors (Lipinski definition) is 5. The van der Waals surface area contributed by atoms with Gasteiger partial charge in [-0.25, -0.2) is 0 Å². The van der Waals surface area contributed by atoms with E-state index < -0.39 is 0 Å². The number of hydrogen-bond donors (Lipinski definition) is 1. The lowest BCUT2D eigenvalue weighted by Gasteiger charge is -2.24. The monoisotopic (exact) mass is 374 g/mol. The van der Waals surface area contributed by atoms with E-state index in [1.807, 2.05) is 17.0 Å². The van der Waals surface area contributed by atoms with Gasteiger partial charge in [0.2, 0.25) is 5.91 Å². The molecule has 0 saturated carbocycles. The maximum Gasteiger partial charge on any atom is 0.225 e. The summed E-state index contributed by atoms with van der Waals surface area (Å²) in [7, 11) is 1.62. The number of nitrogens with one attached hydrogen (secondary N) is 1. The highest BCUT2D eigenvalue weighted by molar-refractivity contribution is 6.31. The number of nitrogens with zero attached hydrogens (tertiary/aromatic N) is 3. The molecule has 3 aliphatic heterocycles. The van der Waals surface area contributed by atoms with Crippen molar-refractivity contribution in [2.45, 2.75) is 43.8 Å². The van der Waals surface area contributed by atoms with Gasteiger partial charge in [0, 0.05) is 35.9 Å². The molecule has 1 aromatic rings. The highest BCUT2D eigenvalue weighted by atomic mass is 35.5. The van der Waals surface area contributed by atoms with Crippen molar-refractivity contribution in [3.63, 3.8) is 0 Å². The van der Waals surface area contributed by atoms with Gasteiger partial charge in [0.1, 0.15) is 5.75 Å². The first-order valence-corrected chi connectivity index (χ1v) is 9.55. The molecule has 0 spiro atoms. The van der Waals surface area contributed by atoms with Crippen molar-refractivity contribution in [3.05, 3.63) is 23.2 Å². The molecule has 3 saturated heterocycles. The number of anilines is 1. The topological polar surface area (TPSA) is 68.6 Å². The lowest BCUT2D eigenvalue weighted by molar-refractivity contribution is -0.125. The Morgan fingerprint density at radius 2 is 2.19 bits per heavy atom. The summed E-state index contributed by atoms with van der Waals surface area (Å²) in [5.74, 6) is 0.797. The average Bonchev–Trinajstić information content (AvgIpc) is 3.35. The van der Waals surface area contributed by atoms with E-state index in [1.54, 1.807) is 13.2 Å². The molecule has 3 fully saturated rings. The van der Waals surface area contributed by atoms with E-state index >= 15 is 0 Å².